The molecule has 8 heteroatoms. The van der Waals surface area contributed by atoms with E-state index in [9.17, 15) is 4.39 Å². The fraction of sp³-hybridized carbons (Fsp3) is 0.353. The van der Waals surface area contributed by atoms with Crippen molar-refractivity contribution in [3.8, 4) is 5.82 Å². The number of anilines is 1. The van der Waals surface area contributed by atoms with Crippen LogP contribution in [0.5, 0.6) is 0 Å². The zero-order chi connectivity index (χ0) is 17.6. The Hall–Kier alpha value is -2.06. The molecule has 2 N–H and O–H groups in total. The van der Waals surface area contributed by atoms with Crippen LogP contribution in [-0.2, 0) is 0 Å². The highest BCUT2D eigenvalue weighted by atomic mass is 79.9. The molecule has 1 saturated heterocycles. The summed E-state index contributed by atoms with van der Waals surface area (Å²) < 4.78 is 16.8. The van der Waals surface area contributed by atoms with Gasteiger partial charge >= 0.3 is 0 Å². The van der Waals surface area contributed by atoms with Gasteiger partial charge in [-0.05, 0) is 66.5 Å². The second-order valence-electron chi connectivity index (χ2n) is 6.46. The highest BCUT2D eigenvalue weighted by molar-refractivity contribution is 9.10. The van der Waals surface area contributed by atoms with E-state index in [1.807, 2.05) is 18.5 Å². The number of halogens is 2. The molecule has 130 valence electrons. The highest BCUT2D eigenvalue weighted by Crippen LogP contribution is 2.36. The third kappa shape index (κ3) is 3.00. The number of piperidine rings is 1. The number of nitrogen functional groups attached to an aromatic ring is 1. The van der Waals surface area contributed by atoms with E-state index >= 15 is 0 Å². The Morgan fingerprint density at radius 1 is 1.24 bits per heavy atom. The quantitative estimate of drug-likeness (QED) is 0.664. The largest absolute Gasteiger partial charge is 0.368 e. The lowest BCUT2D eigenvalue weighted by Gasteiger charge is -2.28. The molecule has 0 aromatic carbocycles. The van der Waals surface area contributed by atoms with Gasteiger partial charge in [0.05, 0.1) is 11.7 Å². The van der Waals surface area contributed by atoms with Crippen molar-refractivity contribution in [2.24, 2.45) is 0 Å². The minimum absolute atomic E-state index is 0.0483. The number of rotatable bonds is 2. The summed E-state index contributed by atoms with van der Waals surface area (Å²) in [5, 5.41) is 1.02. The lowest BCUT2D eigenvalue weighted by atomic mass is 9.90. The predicted octanol–water partition coefficient (Wildman–Crippen LogP) is 3.11. The summed E-state index contributed by atoms with van der Waals surface area (Å²) in [6, 6.07) is 1.88. The summed E-state index contributed by atoms with van der Waals surface area (Å²) in [6.07, 6.45) is 7.06. The molecule has 0 unspecified atom stereocenters. The molecule has 1 aliphatic rings. The fourth-order valence-corrected chi connectivity index (χ4v) is 3.80. The van der Waals surface area contributed by atoms with Crippen LogP contribution in [0.3, 0.4) is 0 Å². The Morgan fingerprint density at radius 3 is 2.76 bits per heavy atom. The number of hydrogen-bond donors (Lipinski definition) is 1. The van der Waals surface area contributed by atoms with Gasteiger partial charge in [0, 0.05) is 17.8 Å². The van der Waals surface area contributed by atoms with Gasteiger partial charge in [0.2, 0.25) is 5.95 Å². The Labute approximate surface area is 153 Å². The van der Waals surface area contributed by atoms with Crippen LogP contribution in [-0.4, -0.2) is 44.6 Å². The van der Waals surface area contributed by atoms with Gasteiger partial charge in [0.25, 0.3) is 0 Å². The van der Waals surface area contributed by atoms with Crippen LogP contribution in [0, 0.1) is 5.82 Å². The molecule has 0 bridgehead atoms. The molecule has 3 aromatic rings. The van der Waals surface area contributed by atoms with Gasteiger partial charge in [0.15, 0.2) is 11.6 Å². The molecule has 0 amide bonds. The summed E-state index contributed by atoms with van der Waals surface area (Å²) in [5.41, 5.74) is 7.71. The Balaban J connectivity index is 1.90. The van der Waals surface area contributed by atoms with E-state index in [0.717, 1.165) is 43.0 Å². The summed E-state index contributed by atoms with van der Waals surface area (Å²) in [7, 11) is 2.14. The second kappa shape index (κ2) is 6.34. The SMILES string of the molecule is CN1CCC(c2cn(-c3nc(N)ncc3F)c3cc(Br)ncc23)CC1. The predicted molar refractivity (Wildman–Crippen MR) is 98.2 cm³/mol. The maximum absolute atomic E-state index is 14.4. The van der Waals surface area contributed by atoms with Crippen molar-refractivity contribution >= 4 is 32.8 Å². The zero-order valence-corrected chi connectivity index (χ0v) is 15.4. The molecule has 0 spiro atoms. The van der Waals surface area contributed by atoms with Gasteiger partial charge in [-0.25, -0.2) is 14.4 Å². The van der Waals surface area contributed by atoms with Crippen molar-refractivity contribution in [2.45, 2.75) is 18.8 Å². The Bertz CT molecular complexity index is 932. The average Bonchev–Trinajstić information content (AvgIpc) is 2.96. The van der Waals surface area contributed by atoms with Gasteiger partial charge in [0.1, 0.15) is 4.60 Å². The first kappa shape index (κ1) is 16.4. The van der Waals surface area contributed by atoms with Crippen LogP contribution < -0.4 is 5.73 Å². The molecule has 25 heavy (non-hydrogen) atoms. The topological polar surface area (TPSA) is 72.9 Å². The molecule has 1 aliphatic heterocycles. The number of fused-ring (bicyclic) bond motifs is 1. The first-order chi connectivity index (χ1) is 12.0. The zero-order valence-electron chi connectivity index (χ0n) is 13.8. The fourth-order valence-electron chi connectivity index (χ4n) is 3.48. The first-order valence-corrected chi connectivity index (χ1v) is 8.95. The van der Waals surface area contributed by atoms with Crippen LogP contribution in [0.25, 0.3) is 16.7 Å². The van der Waals surface area contributed by atoms with E-state index in [-0.39, 0.29) is 11.8 Å². The van der Waals surface area contributed by atoms with Crippen molar-refractivity contribution in [1.29, 1.82) is 0 Å². The van der Waals surface area contributed by atoms with Gasteiger partial charge in [-0.15, -0.1) is 0 Å². The maximum Gasteiger partial charge on any atom is 0.222 e. The second-order valence-corrected chi connectivity index (χ2v) is 7.27. The van der Waals surface area contributed by atoms with Crippen molar-refractivity contribution in [2.75, 3.05) is 25.9 Å². The standard InChI is InChI=1S/C17H18BrFN6/c1-24-4-2-10(3-5-24)12-9-25(14-6-15(18)21-7-11(12)14)16-13(19)8-22-17(20)23-16/h6-10H,2-5H2,1H3,(H2,20,22,23). The third-order valence-corrected chi connectivity index (χ3v) is 5.25. The van der Waals surface area contributed by atoms with Crippen LogP contribution in [0.15, 0.2) is 29.3 Å². The minimum atomic E-state index is -0.506. The number of likely N-dealkylation sites (tertiary alicyclic amines) is 1. The monoisotopic (exact) mass is 404 g/mol. The Morgan fingerprint density at radius 2 is 2.00 bits per heavy atom. The molecular weight excluding hydrogens is 387 g/mol. The number of pyridine rings is 1. The van der Waals surface area contributed by atoms with E-state index in [2.05, 4.69) is 42.8 Å². The number of nitrogens with zero attached hydrogens (tertiary/aromatic N) is 5. The lowest BCUT2D eigenvalue weighted by Crippen LogP contribution is -2.29. The first-order valence-electron chi connectivity index (χ1n) is 8.16. The average molecular weight is 405 g/mol. The molecular formula is C17H18BrFN6. The van der Waals surface area contributed by atoms with E-state index in [4.69, 9.17) is 5.73 Å². The summed E-state index contributed by atoms with van der Waals surface area (Å²) >= 11 is 3.40. The highest BCUT2D eigenvalue weighted by Gasteiger charge is 2.24. The Kier molecular flexibility index (Phi) is 4.16. The molecule has 0 aliphatic carbocycles. The van der Waals surface area contributed by atoms with Crippen molar-refractivity contribution < 1.29 is 4.39 Å². The molecule has 6 nitrogen and oxygen atoms in total. The van der Waals surface area contributed by atoms with Gasteiger partial charge in [-0.3, -0.25) is 4.57 Å². The van der Waals surface area contributed by atoms with E-state index in [0.29, 0.717) is 10.5 Å². The van der Waals surface area contributed by atoms with E-state index in [1.165, 1.54) is 5.56 Å². The van der Waals surface area contributed by atoms with Gasteiger partial charge < -0.3 is 10.6 Å². The van der Waals surface area contributed by atoms with E-state index in [1.54, 1.807) is 4.57 Å². The number of nitrogens with two attached hydrogens (primary N) is 1. The van der Waals surface area contributed by atoms with Crippen LogP contribution in [0.4, 0.5) is 10.3 Å². The van der Waals surface area contributed by atoms with E-state index < -0.39 is 5.82 Å². The van der Waals surface area contributed by atoms with Crippen LogP contribution in [0.1, 0.15) is 24.3 Å². The summed E-state index contributed by atoms with van der Waals surface area (Å²) in [4.78, 5) is 14.5. The number of hydrogen-bond acceptors (Lipinski definition) is 5. The van der Waals surface area contributed by atoms with Crippen molar-refractivity contribution in [3.63, 3.8) is 0 Å². The molecule has 0 atom stereocenters. The molecule has 1 fully saturated rings. The molecule has 4 heterocycles. The van der Waals surface area contributed by atoms with Crippen LogP contribution in [0.2, 0.25) is 0 Å². The smallest absolute Gasteiger partial charge is 0.222 e. The summed E-state index contributed by atoms with van der Waals surface area (Å²) in [6.45, 7) is 2.10. The minimum Gasteiger partial charge on any atom is -0.368 e. The molecule has 4 rings (SSSR count). The van der Waals surface area contributed by atoms with Gasteiger partial charge in [-0.2, -0.15) is 4.98 Å². The van der Waals surface area contributed by atoms with Crippen LogP contribution >= 0.6 is 15.9 Å². The molecule has 0 saturated carbocycles. The normalized spacial score (nSPS) is 16.6. The van der Waals surface area contributed by atoms with Gasteiger partial charge in [-0.1, -0.05) is 0 Å². The maximum atomic E-state index is 14.4. The van der Waals surface area contributed by atoms with Crippen molar-refractivity contribution in [1.82, 2.24) is 24.4 Å². The molecule has 0 radical (unpaired) electrons. The summed E-state index contributed by atoms with van der Waals surface area (Å²) in [5.74, 6) is 0.126. The number of aromatic nitrogens is 4. The third-order valence-electron chi connectivity index (χ3n) is 4.82. The van der Waals surface area contributed by atoms with Crippen molar-refractivity contribution in [3.05, 3.63) is 40.6 Å². The lowest BCUT2D eigenvalue weighted by molar-refractivity contribution is 0.256. The molecule has 3 aromatic heterocycles.